The molecule has 114 valence electrons. The Labute approximate surface area is 132 Å². The molecule has 5 heteroatoms. The molecular weight excluding hydrogens is 294 g/mol. The minimum Gasteiger partial charge on any atom is -1.00 e. The van der Waals surface area contributed by atoms with E-state index < -0.39 is 5.60 Å². The minimum atomic E-state index is -0.732. The fourth-order valence-corrected chi connectivity index (χ4v) is 4.00. The van der Waals surface area contributed by atoms with Gasteiger partial charge in [0, 0.05) is 18.2 Å². The van der Waals surface area contributed by atoms with Gasteiger partial charge in [-0.3, -0.25) is 0 Å². The minimum absolute atomic E-state index is 0. The van der Waals surface area contributed by atoms with Gasteiger partial charge >= 0.3 is 0 Å². The Balaban J connectivity index is 0.00000200. The molecule has 1 saturated heterocycles. The van der Waals surface area contributed by atoms with Crippen LogP contribution in [-0.2, 0) is 5.60 Å². The quantitative estimate of drug-likeness (QED) is 0.788. The molecule has 0 saturated carbocycles. The van der Waals surface area contributed by atoms with E-state index in [2.05, 4.69) is 19.0 Å². The molecule has 1 aliphatic heterocycles. The van der Waals surface area contributed by atoms with Gasteiger partial charge in [0.2, 0.25) is 0 Å². The van der Waals surface area contributed by atoms with E-state index in [-0.39, 0.29) is 18.3 Å². The Morgan fingerprint density at radius 2 is 2.20 bits per heavy atom. The number of rotatable bonds is 4. The lowest BCUT2D eigenvalue weighted by Crippen LogP contribution is -3.00. The molecule has 1 heterocycles. The van der Waals surface area contributed by atoms with Crippen molar-refractivity contribution in [2.45, 2.75) is 12.0 Å². The Morgan fingerprint density at radius 1 is 1.45 bits per heavy atom. The second-order valence-corrected chi connectivity index (χ2v) is 6.59. The third-order valence-corrected chi connectivity index (χ3v) is 4.91. The third kappa shape index (κ3) is 3.82. The highest BCUT2D eigenvalue weighted by molar-refractivity contribution is 7.99. The zero-order chi connectivity index (χ0) is 13.9. The van der Waals surface area contributed by atoms with Crippen molar-refractivity contribution in [3.8, 4) is 5.75 Å². The van der Waals surface area contributed by atoms with Crippen LogP contribution in [0.1, 0.15) is 12.0 Å². The van der Waals surface area contributed by atoms with Crippen LogP contribution in [0.15, 0.2) is 24.3 Å². The molecule has 2 rings (SSSR count). The summed E-state index contributed by atoms with van der Waals surface area (Å²) in [5.74, 6) is 3.09. The van der Waals surface area contributed by atoms with Crippen molar-refractivity contribution in [3.05, 3.63) is 29.8 Å². The summed E-state index contributed by atoms with van der Waals surface area (Å²) < 4.78 is 5.28. The highest BCUT2D eigenvalue weighted by Crippen LogP contribution is 2.41. The number of hydrogen-bond donors (Lipinski definition) is 1. The van der Waals surface area contributed by atoms with E-state index in [1.165, 1.54) is 0 Å². The first kappa shape index (κ1) is 17.6. The number of ether oxygens (including phenoxy) is 1. The van der Waals surface area contributed by atoms with Gasteiger partial charge in [-0.05, 0) is 44.0 Å². The van der Waals surface area contributed by atoms with Gasteiger partial charge in [-0.2, -0.15) is 11.8 Å². The van der Waals surface area contributed by atoms with Crippen LogP contribution in [0, 0.1) is 5.92 Å². The van der Waals surface area contributed by atoms with E-state index in [1.54, 1.807) is 7.11 Å². The maximum absolute atomic E-state index is 11.2. The summed E-state index contributed by atoms with van der Waals surface area (Å²) in [6.07, 6.45) is 0.809. The number of nitrogens with zero attached hydrogens (tertiary/aromatic N) is 1. The molecule has 0 amide bonds. The number of methoxy groups -OCH3 is 1. The molecule has 3 nitrogen and oxygen atoms in total. The summed E-state index contributed by atoms with van der Waals surface area (Å²) >= 11 is 1.93. The number of benzene rings is 1. The van der Waals surface area contributed by atoms with E-state index in [0.29, 0.717) is 0 Å². The topological polar surface area (TPSA) is 32.7 Å². The van der Waals surface area contributed by atoms with Crippen molar-refractivity contribution in [2.75, 3.05) is 39.3 Å². The molecule has 1 aromatic carbocycles. The standard InChI is InChI=1S/C15H23NO2S.ClH/c1-16(2)10-13-11-19-8-7-15(13,17)12-5-4-6-14(9-12)18-3;/h4-6,9,13,17H,7-8,10-11H2,1-3H3;1H/p-1. The molecule has 1 fully saturated rings. The van der Waals surface area contributed by atoms with Gasteiger partial charge in [-0.1, -0.05) is 12.1 Å². The molecule has 0 bridgehead atoms. The van der Waals surface area contributed by atoms with Crippen LogP contribution >= 0.6 is 11.8 Å². The van der Waals surface area contributed by atoms with Crippen molar-refractivity contribution in [1.29, 1.82) is 0 Å². The summed E-state index contributed by atoms with van der Waals surface area (Å²) in [6, 6.07) is 7.87. The summed E-state index contributed by atoms with van der Waals surface area (Å²) in [6.45, 7) is 0.903. The molecule has 0 spiro atoms. The van der Waals surface area contributed by atoms with E-state index in [0.717, 1.165) is 35.8 Å². The Morgan fingerprint density at radius 3 is 2.85 bits per heavy atom. The van der Waals surface area contributed by atoms with Crippen molar-refractivity contribution in [1.82, 2.24) is 4.90 Å². The second kappa shape index (κ2) is 7.55. The molecular formula is C15H23ClNO2S-. The Bertz CT molecular complexity index is 430. The van der Waals surface area contributed by atoms with Gasteiger partial charge in [0.15, 0.2) is 0 Å². The average molecular weight is 317 g/mol. The number of thioether (sulfide) groups is 1. The van der Waals surface area contributed by atoms with Gasteiger partial charge in [-0.15, -0.1) is 0 Å². The highest BCUT2D eigenvalue weighted by atomic mass is 35.5. The zero-order valence-electron chi connectivity index (χ0n) is 12.3. The highest BCUT2D eigenvalue weighted by Gasteiger charge is 2.41. The van der Waals surface area contributed by atoms with Crippen LogP contribution in [-0.4, -0.2) is 49.3 Å². The second-order valence-electron chi connectivity index (χ2n) is 5.44. The molecule has 0 aliphatic carbocycles. The molecule has 1 aliphatic rings. The fourth-order valence-electron chi connectivity index (χ4n) is 2.71. The lowest BCUT2D eigenvalue weighted by molar-refractivity contribution is -0.0294. The maximum Gasteiger partial charge on any atom is 0.119 e. The van der Waals surface area contributed by atoms with E-state index >= 15 is 0 Å². The van der Waals surface area contributed by atoms with E-state index in [9.17, 15) is 5.11 Å². The number of hydrogen-bond acceptors (Lipinski definition) is 4. The lowest BCUT2D eigenvalue weighted by atomic mass is 9.79. The maximum atomic E-state index is 11.2. The number of halogens is 1. The van der Waals surface area contributed by atoms with Crippen molar-refractivity contribution in [3.63, 3.8) is 0 Å². The third-order valence-electron chi connectivity index (χ3n) is 3.78. The molecule has 2 atom stereocenters. The monoisotopic (exact) mass is 316 g/mol. The molecule has 1 N–H and O–H groups in total. The molecule has 2 unspecified atom stereocenters. The summed E-state index contributed by atoms with van der Waals surface area (Å²) in [5, 5.41) is 11.2. The van der Waals surface area contributed by atoms with Gasteiger partial charge in [0.25, 0.3) is 0 Å². The van der Waals surface area contributed by atoms with Crippen molar-refractivity contribution in [2.24, 2.45) is 5.92 Å². The van der Waals surface area contributed by atoms with Crippen molar-refractivity contribution < 1.29 is 22.3 Å². The molecule has 0 aromatic heterocycles. The first-order valence-corrected chi connectivity index (χ1v) is 7.81. The average Bonchev–Trinajstić information content (AvgIpc) is 2.41. The van der Waals surface area contributed by atoms with Gasteiger partial charge < -0.3 is 27.2 Å². The SMILES string of the molecule is COc1cccc(C2(O)CCSCC2CN(C)C)c1.[Cl-]. The summed E-state index contributed by atoms with van der Waals surface area (Å²) in [4.78, 5) is 2.15. The predicted molar refractivity (Wildman–Crippen MR) is 80.9 cm³/mol. The van der Waals surface area contributed by atoms with Crippen LogP contribution in [0.25, 0.3) is 0 Å². The molecule has 0 radical (unpaired) electrons. The fraction of sp³-hybridized carbons (Fsp3) is 0.600. The van der Waals surface area contributed by atoms with Crippen LogP contribution in [0.4, 0.5) is 0 Å². The van der Waals surface area contributed by atoms with E-state index in [4.69, 9.17) is 4.74 Å². The first-order chi connectivity index (χ1) is 9.06. The molecule has 1 aromatic rings. The lowest BCUT2D eigenvalue weighted by Gasteiger charge is -2.41. The van der Waals surface area contributed by atoms with Crippen molar-refractivity contribution >= 4 is 11.8 Å². The first-order valence-electron chi connectivity index (χ1n) is 6.65. The largest absolute Gasteiger partial charge is 1.00 e. The van der Waals surface area contributed by atoms with Crippen LogP contribution in [0.3, 0.4) is 0 Å². The summed E-state index contributed by atoms with van der Waals surface area (Å²) in [7, 11) is 5.79. The zero-order valence-corrected chi connectivity index (χ0v) is 13.9. The predicted octanol–water partition coefficient (Wildman–Crippen LogP) is -0.798. The normalized spacial score (nSPS) is 26.1. The molecule has 20 heavy (non-hydrogen) atoms. The smallest absolute Gasteiger partial charge is 0.119 e. The van der Waals surface area contributed by atoms with Gasteiger partial charge in [0.05, 0.1) is 12.7 Å². The van der Waals surface area contributed by atoms with Gasteiger partial charge in [0.1, 0.15) is 5.75 Å². The van der Waals surface area contributed by atoms with Crippen LogP contribution < -0.4 is 17.1 Å². The number of aliphatic hydroxyl groups is 1. The van der Waals surface area contributed by atoms with Gasteiger partial charge in [-0.25, -0.2) is 0 Å². The summed E-state index contributed by atoms with van der Waals surface area (Å²) in [5.41, 5.74) is 0.253. The Hall–Kier alpha value is -0.420. The van der Waals surface area contributed by atoms with Crippen LogP contribution in [0.2, 0.25) is 0 Å². The Kier molecular flexibility index (Phi) is 6.65. The van der Waals surface area contributed by atoms with Crippen LogP contribution in [0.5, 0.6) is 5.75 Å². The van der Waals surface area contributed by atoms with E-state index in [1.807, 2.05) is 36.0 Å².